The number of aliphatic carboxylic acids is 1. The van der Waals surface area contributed by atoms with Gasteiger partial charge in [0, 0.05) is 0 Å². The molecule has 6 heteroatoms. The van der Waals surface area contributed by atoms with Crippen LogP contribution in [0.1, 0.15) is 25.3 Å². The Labute approximate surface area is 113 Å². The van der Waals surface area contributed by atoms with E-state index < -0.39 is 23.3 Å². The number of carboxylic acids is 1. The molecule has 0 spiro atoms. The topological polar surface area (TPSA) is 92.2 Å². The maximum atomic E-state index is 12.4. The molecule has 0 bridgehead atoms. The van der Waals surface area contributed by atoms with E-state index in [0.717, 1.165) is 17.4 Å². The second-order valence-corrected chi connectivity index (χ2v) is 5.18. The molecule has 1 aliphatic carbocycles. The van der Waals surface area contributed by atoms with E-state index in [1.165, 1.54) is 0 Å². The lowest BCUT2D eigenvalue weighted by Crippen LogP contribution is -2.41. The van der Waals surface area contributed by atoms with Gasteiger partial charge in [0.25, 0.3) is 5.56 Å². The third kappa shape index (κ3) is 2.13. The Morgan fingerprint density at radius 1 is 1.35 bits per heavy atom. The molecule has 0 amide bonds. The molecule has 0 radical (unpaired) electrons. The van der Waals surface area contributed by atoms with Crippen LogP contribution in [0.2, 0.25) is 0 Å². The van der Waals surface area contributed by atoms with Gasteiger partial charge in [0.1, 0.15) is 6.04 Å². The summed E-state index contributed by atoms with van der Waals surface area (Å²) in [5.74, 6) is -0.839. The zero-order valence-electron chi connectivity index (χ0n) is 10.7. The van der Waals surface area contributed by atoms with Gasteiger partial charge < -0.3 is 10.1 Å². The van der Waals surface area contributed by atoms with Crippen LogP contribution < -0.4 is 11.2 Å². The lowest BCUT2D eigenvalue weighted by molar-refractivity contribution is -0.141. The number of carbonyl (C=O) groups is 1. The van der Waals surface area contributed by atoms with Gasteiger partial charge in [-0.15, -0.1) is 0 Å². The molecule has 1 aliphatic rings. The second-order valence-electron chi connectivity index (χ2n) is 5.18. The van der Waals surface area contributed by atoms with Gasteiger partial charge in [-0.2, -0.15) is 0 Å². The standard InChI is InChI=1S/C14H14N2O4/c17-12-9-3-1-2-4-10(9)15-14(20)16(12)11(13(18)19)7-8-5-6-8/h1-4,8,11H,5-7H2,(H,15,20)(H,18,19). The molecule has 3 rings (SSSR count). The fourth-order valence-corrected chi connectivity index (χ4v) is 2.45. The van der Waals surface area contributed by atoms with Gasteiger partial charge in [0.05, 0.1) is 10.9 Å². The van der Waals surface area contributed by atoms with E-state index in [1.807, 2.05) is 0 Å². The lowest BCUT2D eigenvalue weighted by Gasteiger charge is -2.14. The molecule has 20 heavy (non-hydrogen) atoms. The zero-order valence-corrected chi connectivity index (χ0v) is 10.7. The summed E-state index contributed by atoms with van der Waals surface area (Å²) >= 11 is 0. The molecule has 1 aromatic heterocycles. The van der Waals surface area contributed by atoms with Crippen LogP contribution in [-0.2, 0) is 4.79 Å². The summed E-state index contributed by atoms with van der Waals surface area (Å²) in [5.41, 5.74) is -0.784. The SMILES string of the molecule is O=C(O)C(CC1CC1)n1c(=O)[nH]c2ccccc2c1=O. The number of benzene rings is 1. The van der Waals surface area contributed by atoms with Crippen molar-refractivity contribution in [3.63, 3.8) is 0 Å². The number of para-hydroxylation sites is 1. The fourth-order valence-electron chi connectivity index (χ4n) is 2.45. The summed E-state index contributed by atoms with van der Waals surface area (Å²) in [6.07, 6.45) is 2.25. The summed E-state index contributed by atoms with van der Waals surface area (Å²) in [6.45, 7) is 0. The first-order chi connectivity index (χ1) is 9.58. The summed E-state index contributed by atoms with van der Waals surface area (Å²) in [7, 11) is 0. The average molecular weight is 274 g/mol. The number of aromatic nitrogens is 2. The van der Waals surface area contributed by atoms with Crippen molar-refractivity contribution in [1.29, 1.82) is 0 Å². The highest BCUT2D eigenvalue weighted by atomic mass is 16.4. The van der Waals surface area contributed by atoms with E-state index in [0.29, 0.717) is 23.2 Å². The predicted octanol–water partition coefficient (Wildman–Crippen LogP) is 1.12. The molecular formula is C14H14N2O4. The number of nitrogens with one attached hydrogen (secondary N) is 1. The fraction of sp³-hybridized carbons (Fsp3) is 0.357. The van der Waals surface area contributed by atoms with Gasteiger partial charge in [0.15, 0.2) is 0 Å². The van der Waals surface area contributed by atoms with E-state index in [9.17, 15) is 19.5 Å². The molecule has 6 nitrogen and oxygen atoms in total. The molecule has 1 saturated carbocycles. The second kappa shape index (κ2) is 4.63. The van der Waals surface area contributed by atoms with Crippen molar-refractivity contribution in [2.75, 3.05) is 0 Å². The normalized spacial score (nSPS) is 16.2. The number of hydrogen-bond donors (Lipinski definition) is 2. The van der Waals surface area contributed by atoms with Crippen LogP contribution in [0.15, 0.2) is 33.9 Å². The first-order valence-corrected chi connectivity index (χ1v) is 6.54. The molecule has 0 aliphatic heterocycles. The predicted molar refractivity (Wildman–Crippen MR) is 72.8 cm³/mol. The number of fused-ring (bicyclic) bond motifs is 1. The van der Waals surface area contributed by atoms with E-state index in [2.05, 4.69) is 4.98 Å². The quantitative estimate of drug-likeness (QED) is 0.873. The number of nitrogens with zero attached hydrogens (tertiary/aromatic N) is 1. The van der Waals surface area contributed by atoms with Crippen LogP contribution in [-0.4, -0.2) is 20.6 Å². The minimum absolute atomic E-state index is 0.300. The van der Waals surface area contributed by atoms with Crippen LogP contribution in [0.3, 0.4) is 0 Å². The maximum absolute atomic E-state index is 12.4. The smallest absolute Gasteiger partial charge is 0.329 e. The molecule has 1 unspecified atom stereocenters. The highest BCUT2D eigenvalue weighted by Gasteiger charge is 2.32. The van der Waals surface area contributed by atoms with Crippen molar-refractivity contribution in [2.45, 2.75) is 25.3 Å². The molecule has 0 saturated heterocycles. The average Bonchev–Trinajstić information content (AvgIpc) is 3.21. The van der Waals surface area contributed by atoms with Crippen LogP contribution in [0, 0.1) is 5.92 Å². The van der Waals surface area contributed by atoms with Gasteiger partial charge in [-0.05, 0) is 24.5 Å². The van der Waals surface area contributed by atoms with Crippen molar-refractivity contribution in [2.24, 2.45) is 5.92 Å². The van der Waals surface area contributed by atoms with Crippen LogP contribution in [0.5, 0.6) is 0 Å². The third-order valence-corrected chi connectivity index (χ3v) is 3.69. The van der Waals surface area contributed by atoms with Crippen molar-refractivity contribution in [1.82, 2.24) is 9.55 Å². The van der Waals surface area contributed by atoms with Gasteiger partial charge in [-0.25, -0.2) is 14.2 Å². The first kappa shape index (κ1) is 12.7. The highest BCUT2D eigenvalue weighted by Crippen LogP contribution is 2.36. The summed E-state index contributed by atoms with van der Waals surface area (Å²) in [5, 5.41) is 9.64. The molecule has 1 fully saturated rings. The number of rotatable bonds is 4. The molecule has 2 N–H and O–H groups in total. The van der Waals surface area contributed by atoms with Gasteiger partial charge >= 0.3 is 11.7 Å². The van der Waals surface area contributed by atoms with Crippen LogP contribution >= 0.6 is 0 Å². The van der Waals surface area contributed by atoms with Crippen molar-refractivity contribution in [3.8, 4) is 0 Å². The number of carboxylic acid groups (broad SMARTS) is 1. The highest BCUT2D eigenvalue weighted by molar-refractivity contribution is 5.78. The number of hydrogen-bond acceptors (Lipinski definition) is 3. The molecule has 1 atom stereocenters. The van der Waals surface area contributed by atoms with Crippen LogP contribution in [0.25, 0.3) is 10.9 Å². The Morgan fingerprint density at radius 2 is 2.05 bits per heavy atom. The molecule has 2 aromatic rings. The van der Waals surface area contributed by atoms with E-state index in [4.69, 9.17) is 0 Å². The molecule has 1 aromatic carbocycles. The summed E-state index contributed by atoms with van der Waals surface area (Å²) in [6, 6.07) is 5.51. The monoisotopic (exact) mass is 274 g/mol. The molecule has 104 valence electrons. The zero-order chi connectivity index (χ0) is 14.3. The number of H-pyrrole nitrogens is 1. The Kier molecular flexibility index (Phi) is 2.93. The number of aromatic amines is 1. The van der Waals surface area contributed by atoms with Crippen molar-refractivity contribution < 1.29 is 9.90 Å². The van der Waals surface area contributed by atoms with Crippen molar-refractivity contribution >= 4 is 16.9 Å². The Balaban J connectivity index is 2.20. The lowest BCUT2D eigenvalue weighted by atomic mass is 10.1. The molecule has 1 heterocycles. The largest absolute Gasteiger partial charge is 0.480 e. The Bertz CT molecular complexity index is 786. The van der Waals surface area contributed by atoms with E-state index in [1.54, 1.807) is 24.3 Å². The maximum Gasteiger partial charge on any atom is 0.329 e. The third-order valence-electron chi connectivity index (χ3n) is 3.69. The minimum atomic E-state index is -1.14. The Hall–Kier alpha value is -2.37. The van der Waals surface area contributed by atoms with Gasteiger partial charge in [-0.3, -0.25) is 4.79 Å². The minimum Gasteiger partial charge on any atom is -0.480 e. The first-order valence-electron chi connectivity index (χ1n) is 6.54. The van der Waals surface area contributed by atoms with Crippen LogP contribution in [0.4, 0.5) is 0 Å². The summed E-state index contributed by atoms with van der Waals surface area (Å²) < 4.78 is 0.836. The van der Waals surface area contributed by atoms with E-state index >= 15 is 0 Å². The van der Waals surface area contributed by atoms with Crippen molar-refractivity contribution in [3.05, 3.63) is 45.1 Å². The molecular weight excluding hydrogens is 260 g/mol. The van der Waals surface area contributed by atoms with Gasteiger partial charge in [-0.1, -0.05) is 25.0 Å². The summed E-state index contributed by atoms with van der Waals surface area (Å²) in [4.78, 5) is 38.4. The Morgan fingerprint density at radius 3 is 2.70 bits per heavy atom. The van der Waals surface area contributed by atoms with Gasteiger partial charge in [0.2, 0.25) is 0 Å². The van der Waals surface area contributed by atoms with E-state index in [-0.39, 0.29) is 0 Å².